The van der Waals surface area contributed by atoms with Crippen molar-refractivity contribution in [3.63, 3.8) is 0 Å². The largest absolute Gasteiger partial charge is 0.480 e. The molecule has 0 spiro atoms. The van der Waals surface area contributed by atoms with Gasteiger partial charge in [-0.1, -0.05) is 18.2 Å². The Hall–Kier alpha value is -1.20. The molecular weight excluding hydrogens is 262 g/mol. The van der Waals surface area contributed by atoms with E-state index in [0.29, 0.717) is 5.69 Å². The summed E-state index contributed by atoms with van der Waals surface area (Å²) in [5.41, 5.74) is 0.500. The van der Waals surface area contributed by atoms with Gasteiger partial charge in [0.05, 0.1) is 0 Å². The first-order valence-corrected chi connectivity index (χ1v) is 6.05. The van der Waals surface area contributed by atoms with Crippen LogP contribution in [-0.2, 0) is 9.59 Å². The zero-order valence-corrected chi connectivity index (χ0v) is 10.6. The summed E-state index contributed by atoms with van der Waals surface area (Å²) >= 11 is 9.45. The molecule has 92 valence electrons. The molecule has 0 fully saturated rings. The average Bonchev–Trinajstić information content (AvgIpc) is 2.35. The van der Waals surface area contributed by atoms with Crippen molar-refractivity contribution in [2.45, 2.75) is 6.04 Å². The Balaban J connectivity index is 3.12. The van der Waals surface area contributed by atoms with Crippen molar-refractivity contribution in [3.8, 4) is 0 Å². The van der Waals surface area contributed by atoms with E-state index in [4.69, 9.17) is 16.7 Å². The summed E-state index contributed by atoms with van der Waals surface area (Å²) in [5.74, 6) is -1.82. The van der Waals surface area contributed by atoms with Crippen LogP contribution in [0.1, 0.15) is 0 Å². The summed E-state index contributed by atoms with van der Waals surface area (Å²) in [6.45, 7) is 0. The van der Waals surface area contributed by atoms with Crippen molar-refractivity contribution >= 4 is 41.8 Å². The van der Waals surface area contributed by atoms with Gasteiger partial charge in [0.2, 0.25) is 5.91 Å². The number of benzene rings is 1. The normalized spacial score (nSPS) is 11.9. The maximum absolute atomic E-state index is 11.7. The summed E-state index contributed by atoms with van der Waals surface area (Å²) in [6, 6.07) is 7.52. The number of thiol groups is 1. The molecule has 4 nitrogen and oxygen atoms in total. The number of hydrogen-bond donors (Lipinski definition) is 2. The summed E-state index contributed by atoms with van der Waals surface area (Å²) in [6.07, 6.45) is 0. The molecule has 1 rings (SSSR count). The second-order valence-corrected chi connectivity index (χ2v) is 3.90. The third kappa shape index (κ3) is 3.38. The van der Waals surface area contributed by atoms with Crippen molar-refractivity contribution in [2.75, 3.05) is 16.5 Å². The van der Waals surface area contributed by atoms with Gasteiger partial charge >= 0.3 is 5.97 Å². The number of rotatable bonds is 5. The number of amides is 1. The predicted molar refractivity (Wildman–Crippen MR) is 69.9 cm³/mol. The van der Waals surface area contributed by atoms with Gasteiger partial charge in [-0.15, -0.1) is 11.6 Å². The van der Waals surface area contributed by atoms with Gasteiger partial charge < -0.3 is 5.11 Å². The number of carbonyl (C=O) groups excluding carboxylic acids is 1. The number of nitrogens with zero attached hydrogens (tertiary/aromatic N) is 1. The molecule has 0 unspecified atom stereocenters. The number of carboxylic acid groups (broad SMARTS) is 1. The lowest BCUT2D eigenvalue weighted by molar-refractivity contribution is -0.139. The van der Waals surface area contributed by atoms with Crippen LogP contribution in [0.3, 0.4) is 0 Å². The van der Waals surface area contributed by atoms with Crippen LogP contribution in [-0.4, -0.2) is 34.7 Å². The number of aliphatic carboxylic acids is 1. The van der Waals surface area contributed by atoms with Gasteiger partial charge in [0, 0.05) is 11.4 Å². The van der Waals surface area contributed by atoms with Gasteiger partial charge in [0.15, 0.2) is 0 Å². The molecule has 0 aliphatic heterocycles. The van der Waals surface area contributed by atoms with Crippen LogP contribution >= 0.6 is 24.2 Å². The van der Waals surface area contributed by atoms with E-state index in [2.05, 4.69) is 12.6 Å². The second-order valence-electron chi connectivity index (χ2n) is 3.27. The van der Waals surface area contributed by atoms with Crippen molar-refractivity contribution < 1.29 is 14.7 Å². The lowest BCUT2D eigenvalue weighted by atomic mass is 10.2. The summed E-state index contributed by atoms with van der Waals surface area (Å²) in [7, 11) is 0. The number of alkyl halides is 1. The van der Waals surface area contributed by atoms with Gasteiger partial charge in [-0.2, -0.15) is 12.6 Å². The first-order valence-electron chi connectivity index (χ1n) is 4.88. The quantitative estimate of drug-likeness (QED) is 0.633. The molecule has 1 amide bonds. The Kier molecular flexibility index (Phi) is 5.31. The highest BCUT2D eigenvalue weighted by Gasteiger charge is 2.29. The minimum Gasteiger partial charge on any atom is -0.480 e. The zero-order valence-electron chi connectivity index (χ0n) is 8.91. The Morgan fingerprint density at radius 2 is 1.94 bits per heavy atom. The average molecular weight is 274 g/mol. The predicted octanol–water partition coefficient (Wildman–Crippen LogP) is 1.64. The first kappa shape index (κ1) is 13.9. The molecular formula is C11H12ClNO3S. The highest BCUT2D eigenvalue weighted by atomic mass is 35.5. The Morgan fingerprint density at radius 3 is 2.35 bits per heavy atom. The molecule has 6 heteroatoms. The molecule has 1 aromatic rings. The smallest absolute Gasteiger partial charge is 0.327 e. The highest BCUT2D eigenvalue weighted by Crippen LogP contribution is 2.18. The number of carbonyl (C=O) groups is 2. The van der Waals surface area contributed by atoms with Gasteiger partial charge in [0.25, 0.3) is 0 Å². The van der Waals surface area contributed by atoms with Crippen molar-refractivity contribution in [3.05, 3.63) is 30.3 Å². The van der Waals surface area contributed by atoms with Crippen LogP contribution in [0.2, 0.25) is 0 Å². The topological polar surface area (TPSA) is 57.6 Å². The Labute approximate surface area is 110 Å². The van der Waals surface area contributed by atoms with Gasteiger partial charge in [-0.05, 0) is 12.1 Å². The monoisotopic (exact) mass is 273 g/mol. The summed E-state index contributed by atoms with van der Waals surface area (Å²) in [5, 5.41) is 9.06. The third-order valence-corrected chi connectivity index (χ3v) is 2.76. The molecule has 1 atom stereocenters. The lowest BCUT2D eigenvalue weighted by Gasteiger charge is -2.27. The molecule has 0 aromatic heterocycles. The van der Waals surface area contributed by atoms with Crippen LogP contribution < -0.4 is 4.90 Å². The van der Waals surface area contributed by atoms with E-state index in [1.165, 1.54) is 0 Å². The van der Waals surface area contributed by atoms with Crippen LogP contribution in [0.5, 0.6) is 0 Å². The fourth-order valence-electron chi connectivity index (χ4n) is 1.42. The van der Waals surface area contributed by atoms with E-state index in [-0.39, 0.29) is 11.6 Å². The molecule has 0 saturated heterocycles. The second kappa shape index (κ2) is 6.51. The van der Waals surface area contributed by atoms with Crippen LogP contribution in [0.15, 0.2) is 30.3 Å². The number of anilines is 1. The standard InChI is InChI=1S/C11H12ClNO3S/c12-6-10(14)13(9(7-17)11(15)16)8-4-2-1-3-5-8/h1-5,9,17H,6-7H2,(H,15,16)/t9-/m0/s1. The molecule has 0 saturated carbocycles. The minimum atomic E-state index is -1.11. The van der Waals surface area contributed by atoms with Crippen LogP contribution in [0, 0.1) is 0 Å². The molecule has 0 radical (unpaired) electrons. The number of carboxylic acids is 1. The maximum Gasteiger partial charge on any atom is 0.327 e. The molecule has 1 aromatic carbocycles. The van der Waals surface area contributed by atoms with Crippen molar-refractivity contribution in [1.29, 1.82) is 0 Å². The fourth-order valence-corrected chi connectivity index (χ4v) is 1.87. The number of para-hydroxylation sites is 1. The first-order chi connectivity index (χ1) is 8.11. The SMILES string of the molecule is O=C(O)[C@H](CS)N(C(=O)CCl)c1ccccc1. The number of halogens is 1. The summed E-state index contributed by atoms with van der Waals surface area (Å²) < 4.78 is 0. The minimum absolute atomic E-state index is 0.0207. The van der Waals surface area contributed by atoms with Gasteiger partial charge in [-0.25, -0.2) is 4.79 Å². The van der Waals surface area contributed by atoms with E-state index in [9.17, 15) is 9.59 Å². The van der Waals surface area contributed by atoms with Crippen LogP contribution in [0.25, 0.3) is 0 Å². The van der Waals surface area contributed by atoms with Gasteiger partial charge in [-0.3, -0.25) is 9.69 Å². The van der Waals surface area contributed by atoms with E-state index >= 15 is 0 Å². The number of hydrogen-bond acceptors (Lipinski definition) is 3. The van der Waals surface area contributed by atoms with E-state index < -0.39 is 17.9 Å². The van der Waals surface area contributed by atoms with Crippen LogP contribution in [0.4, 0.5) is 5.69 Å². The van der Waals surface area contributed by atoms with E-state index in [1.54, 1.807) is 30.3 Å². The molecule has 0 aliphatic rings. The molecule has 0 aliphatic carbocycles. The highest BCUT2D eigenvalue weighted by molar-refractivity contribution is 7.80. The fraction of sp³-hybridized carbons (Fsp3) is 0.273. The van der Waals surface area contributed by atoms with Gasteiger partial charge in [0.1, 0.15) is 11.9 Å². The third-order valence-electron chi connectivity index (χ3n) is 2.19. The van der Waals surface area contributed by atoms with Crippen molar-refractivity contribution in [2.24, 2.45) is 0 Å². The molecule has 17 heavy (non-hydrogen) atoms. The Morgan fingerprint density at radius 1 is 1.35 bits per heavy atom. The molecule has 1 N–H and O–H groups in total. The molecule has 0 heterocycles. The summed E-state index contributed by atoms with van der Waals surface area (Å²) in [4.78, 5) is 23.9. The molecule has 0 bridgehead atoms. The van der Waals surface area contributed by atoms with E-state index in [0.717, 1.165) is 4.90 Å². The zero-order chi connectivity index (χ0) is 12.8. The Bertz CT molecular complexity index is 399. The maximum atomic E-state index is 11.7. The lowest BCUT2D eigenvalue weighted by Crippen LogP contribution is -2.47. The van der Waals surface area contributed by atoms with Crippen molar-refractivity contribution in [1.82, 2.24) is 0 Å². The van der Waals surface area contributed by atoms with E-state index in [1.807, 2.05) is 0 Å².